The molecule has 1 saturated heterocycles. The van der Waals surface area contributed by atoms with Crippen molar-refractivity contribution in [2.75, 3.05) is 50.0 Å². The predicted molar refractivity (Wildman–Crippen MR) is 112 cm³/mol. The molecule has 0 spiro atoms. The third kappa shape index (κ3) is 4.67. The molecule has 4 rings (SSSR count). The molecule has 1 aromatic carbocycles. The molecule has 2 aliphatic rings. The zero-order chi connectivity index (χ0) is 18.6. The minimum absolute atomic E-state index is 0.749. The van der Waals surface area contributed by atoms with Gasteiger partial charge in [-0.05, 0) is 49.5 Å². The first kappa shape index (κ1) is 18.0. The summed E-state index contributed by atoms with van der Waals surface area (Å²) >= 11 is 1.58. The number of hydrogen-bond donors (Lipinski definition) is 1. The van der Waals surface area contributed by atoms with Crippen LogP contribution in [-0.4, -0.2) is 60.5 Å². The summed E-state index contributed by atoms with van der Waals surface area (Å²) in [4.78, 5) is 19.9. The standard InChI is InChI=1S/C20H24N6S/c1-15-12-17(21-14-15)22-18-13-19(26-10-8-25(2)9-11-26)24-20(23-18)27-16-6-4-3-5-7-16/h3-7,12-13H,8-11,14H2,1-2H3,(H,21,22,23,24). The Kier molecular flexibility index (Phi) is 5.40. The molecule has 0 amide bonds. The van der Waals surface area contributed by atoms with Gasteiger partial charge in [-0.3, -0.25) is 4.99 Å². The number of hydrogen-bond acceptors (Lipinski definition) is 7. The number of nitrogens with one attached hydrogen (secondary N) is 1. The van der Waals surface area contributed by atoms with E-state index < -0.39 is 0 Å². The van der Waals surface area contributed by atoms with Crippen molar-refractivity contribution in [1.82, 2.24) is 14.9 Å². The van der Waals surface area contributed by atoms with Crippen LogP contribution in [0.5, 0.6) is 0 Å². The zero-order valence-electron chi connectivity index (χ0n) is 15.7. The fourth-order valence-corrected chi connectivity index (χ4v) is 3.84. The molecule has 1 N–H and O–H groups in total. The fraction of sp³-hybridized carbons (Fsp3) is 0.350. The lowest BCUT2D eigenvalue weighted by Crippen LogP contribution is -2.44. The van der Waals surface area contributed by atoms with Gasteiger partial charge in [-0.15, -0.1) is 0 Å². The molecule has 0 bridgehead atoms. The van der Waals surface area contributed by atoms with Crippen molar-refractivity contribution in [1.29, 1.82) is 0 Å². The summed E-state index contributed by atoms with van der Waals surface area (Å²) in [7, 11) is 2.16. The molecule has 140 valence electrons. The highest BCUT2D eigenvalue weighted by molar-refractivity contribution is 7.99. The molecule has 3 heterocycles. The Hall–Kier alpha value is -2.38. The van der Waals surface area contributed by atoms with Gasteiger partial charge in [0.05, 0.1) is 6.54 Å². The molecule has 7 heteroatoms. The monoisotopic (exact) mass is 380 g/mol. The van der Waals surface area contributed by atoms with Gasteiger partial charge in [0, 0.05) is 37.1 Å². The Morgan fingerprint density at radius 2 is 1.81 bits per heavy atom. The molecule has 0 unspecified atom stereocenters. The summed E-state index contributed by atoms with van der Waals surface area (Å²) in [5.74, 6) is 2.63. The van der Waals surface area contributed by atoms with E-state index in [4.69, 9.17) is 9.97 Å². The van der Waals surface area contributed by atoms with Crippen LogP contribution in [-0.2, 0) is 0 Å². The topological polar surface area (TPSA) is 56.6 Å². The molecule has 1 fully saturated rings. The third-order valence-corrected chi connectivity index (χ3v) is 5.48. The quantitative estimate of drug-likeness (QED) is 0.823. The third-order valence-electron chi connectivity index (χ3n) is 4.61. The van der Waals surface area contributed by atoms with Crippen LogP contribution in [0.1, 0.15) is 6.92 Å². The molecule has 0 aliphatic carbocycles. The van der Waals surface area contributed by atoms with E-state index in [9.17, 15) is 0 Å². The number of benzene rings is 1. The van der Waals surface area contributed by atoms with Crippen LogP contribution in [0.25, 0.3) is 0 Å². The number of nitrogens with zero attached hydrogens (tertiary/aromatic N) is 5. The number of rotatable bonds is 4. The van der Waals surface area contributed by atoms with Crippen LogP contribution in [0.15, 0.2) is 63.1 Å². The van der Waals surface area contributed by atoms with Crippen LogP contribution >= 0.6 is 11.8 Å². The number of piperazine rings is 1. The summed E-state index contributed by atoms with van der Waals surface area (Å²) in [5.41, 5.74) is 1.25. The molecule has 0 saturated carbocycles. The van der Waals surface area contributed by atoms with Crippen molar-refractivity contribution in [2.24, 2.45) is 4.99 Å². The van der Waals surface area contributed by atoms with Gasteiger partial charge in [0.15, 0.2) is 5.16 Å². The van der Waals surface area contributed by atoms with Gasteiger partial charge in [0.25, 0.3) is 0 Å². The second-order valence-corrected chi connectivity index (χ2v) is 7.96. The Balaban J connectivity index is 1.61. The summed E-state index contributed by atoms with van der Waals surface area (Å²) in [6.07, 6.45) is 2.07. The van der Waals surface area contributed by atoms with Crippen molar-refractivity contribution < 1.29 is 0 Å². The number of amidine groups is 1. The minimum atomic E-state index is 0.749. The molecular weight excluding hydrogens is 356 g/mol. The highest BCUT2D eigenvalue weighted by atomic mass is 32.2. The molecular formula is C20H24N6S. The maximum absolute atomic E-state index is 4.83. The highest BCUT2D eigenvalue weighted by Gasteiger charge is 2.18. The number of aliphatic imine (C=N–C) groups is 1. The Morgan fingerprint density at radius 3 is 2.52 bits per heavy atom. The van der Waals surface area contributed by atoms with E-state index in [-0.39, 0.29) is 0 Å². The molecule has 6 nitrogen and oxygen atoms in total. The van der Waals surface area contributed by atoms with E-state index in [1.54, 1.807) is 11.8 Å². The van der Waals surface area contributed by atoms with Crippen LogP contribution in [0.4, 0.5) is 11.6 Å². The van der Waals surface area contributed by atoms with Crippen molar-refractivity contribution in [2.45, 2.75) is 17.0 Å². The van der Waals surface area contributed by atoms with Crippen molar-refractivity contribution in [3.8, 4) is 0 Å². The average Bonchev–Trinajstić information content (AvgIpc) is 3.07. The number of likely N-dealkylation sites (N-methyl/N-ethyl adjacent to an activating group) is 1. The van der Waals surface area contributed by atoms with Crippen molar-refractivity contribution in [3.05, 3.63) is 48.0 Å². The van der Waals surface area contributed by atoms with Gasteiger partial charge in [0.2, 0.25) is 0 Å². The van der Waals surface area contributed by atoms with Crippen LogP contribution in [0.2, 0.25) is 0 Å². The van der Waals surface area contributed by atoms with E-state index in [2.05, 4.69) is 52.3 Å². The van der Waals surface area contributed by atoms with Gasteiger partial charge in [-0.1, -0.05) is 18.2 Å². The van der Waals surface area contributed by atoms with Crippen molar-refractivity contribution in [3.63, 3.8) is 0 Å². The first-order chi connectivity index (χ1) is 13.2. The van der Waals surface area contributed by atoms with Crippen LogP contribution in [0, 0.1) is 0 Å². The first-order valence-corrected chi connectivity index (χ1v) is 10.0. The SMILES string of the molecule is CC1=CC(Nc2cc(N3CCN(C)CC3)nc(Sc3ccccc3)n2)=NC1. The lowest BCUT2D eigenvalue weighted by molar-refractivity contribution is 0.312. The van der Waals surface area contributed by atoms with E-state index in [0.29, 0.717) is 0 Å². The normalized spacial score (nSPS) is 17.6. The van der Waals surface area contributed by atoms with Gasteiger partial charge >= 0.3 is 0 Å². The minimum Gasteiger partial charge on any atom is -0.354 e. The Labute approximate surface area is 164 Å². The maximum Gasteiger partial charge on any atom is 0.196 e. The van der Waals surface area contributed by atoms with E-state index in [0.717, 1.165) is 60.2 Å². The Bertz CT molecular complexity index is 856. The van der Waals surface area contributed by atoms with Gasteiger partial charge in [-0.25, -0.2) is 9.97 Å². The lowest BCUT2D eigenvalue weighted by atomic mass is 10.3. The fourth-order valence-electron chi connectivity index (χ4n) is 3.06. The number of aromatic nitrogens is 2. The molecule has 0 atom stereocenters. The Morgan fingerprint density at radius 1 is 1.04 bits per heavy atom. The molecule has 27 heavy (non-hydrogen) atoms. The van der Waals surface area contributed by atoms with E-state index in [1.807, 2.05) is 24.3 Å². The average molecular weight is 381 g/mol. The smallest absolute Gasteiger partial charge is 0.196 e. The molecule has 1 aromatic heterocycles. The van der Waals surface area contributed by atoms with Crippen molar-refractivity contribution >= 4 is 29.2 Å². The number of anilines is 2. The second kappa shape index (κ2) is 8.10. The van der Waals surface area contributed by atoms with Gasteiger partial charge in [0.1, 0.15) is 17.5 Å². The summed E-state index contributed by atoms with van der Waals surface area (Å²) in [6.45, 7) is 6.88. The first-order valence-electron chi connectivity index (χ1n) is 9.20. The van der Waals surface area contributed by atoms with Crippen LogP contribution in [0.3, 0.4) is 0 Å². The van der Waals surface area contributed by atoms with E-state index in [1.165, 1.54) is 5.57 Å². The largest absolute Gasteiger partial charge is 0.354 e. The second-order valence-electron chi connectivity index (χ2n) is 6.92. The summed E-state index contributed by atoms with van der Waals surface area (Å²) < 4.78 is 0. The summed E-state index contributed by atoms with van der Waals surface area (Å²) in [5, 5.41) is 4.11. The summed E-state index contributed by atoms with van der Waals surface area (Å²) in [6, 6.07) is 12.3. The predicted octanol–water partition coefficient (Wildman–Crippen LogP) is 3.15. The van der Waals surface area contributed by atoms with E-state index >= 15 is 0 Å². The molecule has 2 aromatic rings. The zero-order valence-corrected chi connectivity index (χ0v) is 16.5. The van der Waals surface area contributed by atoms with Crippen LogP contribution < -0.4 is 10.2 Å². The molecule has 0 radical (unpaired) electrons. The molecule has 2 aliphatic heterocycles. The maximum atomic E-state index is 4.83. The highest BCUT2D eigenvalue weighted by Crippen LogP contribution is 2.28. The van der Waals surface area contributed by atoms with Gasteiger partial charge < -0.3 is 15.1 Å². The lowest BCUT2D eigenvalue weighted by Gasteiger charge is -2.33. The van der Waals surface area contributed by atoms with Gasteiger partial charge in [-0.2, -0.15) is 0 Å².